The Labute approximate surface area is 123 Å². The number of nitrogens with zero attached hydrogens (tertiary/aromatic N) is 2. The van der Waals surface area contributed by atoms with E-state index in [9.17, 15) is 9.59 Å². The molecule has 1 atom stereocenters. The molecule has 1 rings (SSSR count). The van der Waals surface area contributed by atoms with Crippen molar-refractivity contribution in [1.82, 2.24) is 15.2 Å². The highest BCUT2D eigenvalue weighted by atomic mass is 32.1. The van der Waals surface area contributed by atoms with Crippen LogP contribution in [0.15, 0.2) is 18.3 Å². The van der Waals surface area contributed by atoms with Crippen LogP contribution in [0, 0.1) is 0 Å². The second-order valence-corrected chi connectivity index (χ2v) is 4.78. The number of amides is 2. The zero-order valence-corrected chi connectivity index (χ0v) is 12.5. The fraction of sp³-hybridized carbons (Fsp3) is 0.385. The molecule has 0 spiro atoms. The smallest absolute Gasteiger partial charge is 0.270 e. The van der Waals surface area contributed by atoms with E-state index in [1.54, 1.807) is 20.0 Å². The highest BCUT2D eigenvalue weighted by molar-refractivity contribution is 7.80. The van der Waals surface area contributed by atoms with Gasteiger partial charge in [0, 0.05) is 25.4 Å². The Morgan fingerprint density at radius 3 is 2.60 bits per heavy atom. The normalized spacial score (nSPS) is 11.6. The Bertz CT molecular complexity index is 516. The molecule has 3 N–H and O–H groups in total. The maximum absolute atomic E-state index is 11.9. The highest BCUT2D eigenvalue weighted by Crippen LogP contribution is 2.01. The summed E-state index contributed by atoms with van der Waals surface area (Å²) in [5, 5.41) is 2.60. The molecule has 0 aliphatic heterocycles. The molecule has 0 saturated carbocycles. The highest BCUT2D eigenvalue weighted by Gasteiger charge is 2.19. The lowest BCUT2D eigenvalue weighted by molar-refractivity contribution is -0.131. The van der Waals surface area contributed by atoms with E-state index in [1.807, 2.05) is 6.92 Å². The maximum Gasteiger partial charge on any atom is 0.270 e. The SMILES string of the molecule is CCN(C)C(=O)C(C)NC(=O)c1ccc(C(N)=S)cn1. The van der Waals surface area contributed by atoms with Crippen molar-refractivity contribution in [3.8, 4) is 0 Å². The van der Waals surface area contributed by atoms with Gasteiger partial charge in [-0.3, -0.25) is 14.6 Å². The average molecular weight is 294 g/mol. The predicted molar refractivity (Wildman–Crippen MR) is 80.4 cm³/mol. The van der Waals surface area contributed by atoms with Gasteiger partial charge in [0.2, 0.25) is 5.91 Å². The lowest BCUT2D eigenvalue weighted by Gasteiger charge is -2.20. The van der Waals surface area contributed by atoms with Gasteiger partial charge in [0.15, 0.2) is 0 Å². The number of nitrogens with two attached hydrogens (primary N) is 1. The van der Waals surface area contributed by atoms with Crippen molar-refractivity contribution in [3.05, 3.63) is 29.6 Å². The van der Waals surface area contributed by atoms with Crippen LogP contribution in [0.1, 0.15) is 29.9 Å². The molecule has 1 unspecified atom stereocenters. The molecular formula is C13H18N4O2S. The van der Waals surface area contributed by atoms with E-state index in [-0.39, 0.29) is 16.6 Å². The van der Waals surface area contributed by atoms with Gasteiger partial charge in [0.1, 0.15) is 16.7 Å². The molecule has 0 aliphatic carbocycles. The molecule has 0 saturated heterocycles. The van der Waals surface area contributed by atoms with Gasteiger partial charge in [-0.1, -0.05) is 12.2 Å². The van der Waals surface area contributed by atoms with Gasteiger partial charge in [-0.2, -0.15) is 0 Å². The van der Waals surface area contributed by atoms with E-state index in [0.29, 0.717) is 12.1 Å². The summed E-state index contributed by atoms with van der Waals surface area (Å²) in [7, 11) is 1.68. The summed E-state index contributed by atoms with van der Waals surface area (Å²) in [4.78, 5) is 29.5. The van der Waals surface area contributed by atoms with E-state index >= 15 is 0 Å². The predicted octanol–water partition coefficient (Wildman–Crippen LogP) is 0.312. The number of thiocarbonyl (C=S) groups is 1. The molecular weight excluding hydrogens is 276 g/mol. The van der Waals surface area contributed by atoms with Crippen molar-refractivity contribution in [2.24, 2.45) is 5.73 Å². The Balaban J connectivity index is 2.71. The number of nitrogens with one attached hydrogen (secondary N) is 1. The quantitative estimate of drug-likeness (QED) is 0.763. The number of carbonyl (C=O) groups is 2. The van der Waals surface area contributed by atoms with Crippen LogP contribution in [0.4, 0.5) is 0 Å². The van der Waals surface area contributed by atoms with Gasteiger partial charge in [0.25, 0.3) is 5.91 Å². The molecule has 1 heterocycles. The minimum Gasteiger partial charge on any atom is -0.389 e. The maximum atomic E-state index is 11.9. The van der Waals surface area contributed by atoms with E-state index in [0.717, 1.165) is 0 Å². The molecule has 0 aromatic carbocycles. The van der Waals surface area contributed by atoms with Crippen molar-refractivity contribution in [1.29, 1.82) is 0 Å². The zero-order chi connectivity index (χ0) is 15.3. The monoisotopic (exact) mass is 294 g/mol. The van der Waals surface area contributed by atoms with Gasteiger partial charge in [-0.05, 0) is 26.0 Å². The summed E-state index contributed by atoms with van der Waals surface area (Å²) in [6, 6.07) is 2.53. The van der Waals surface area contributed by atoms with Crippen molar-refractivity contribution in [2.75, 3.05) is 13.6 Å². The molecule has 1 aromatic rings. The minimum absolute atomic E-state index is 0.152. The number of pyridine rings is 1. The summed E-state index contributed by atoms with van der Waals surface area (Å²) in [5.74, 6) is -0.564. The zero-order valence-electron chi connectivity index (χ0n) is 11.7. The number of carbonyl (C=O) groups excluding carboxylic acids is 2. The largest absolute Gasteiger partial charge is 0.389 e. The lowest BCUT2D eigenvalue weighted by atomic mass is 10.2. The molecule has 0 fully saturated rings. The second kappa shape index (κ2) is 6.95. The molecule has 108 valence electrons. The number of aromatic nitrogens is 1. The van der Waals surface area contributed by atoms with Gasteiger partial charge in [-0.25, -0.2) is 0 Å². The van der Waals surface area contributed by atoms with Crippen LogP contribution in [-0.2, 0) is 4.79 Å². The molecule has 0 bridgehead atoms. The van der Waals surface area contributed by atoms with Crippen LogP contribution >= 0.6 is 12.2 Å². The fourth-order valence-electron chi connectivity index (χ4n) is 1.49. The first-order valence-corrected chi connectivity index (χ1v) is 6.59. The molecule has 0 radical (unpaired) electrons. The van der Waals surface area contributed by atoms with Gasteiger partial charge in [-0.15, -0.1) is 0 Å². The van der Waals surface area contributed by atoms with Gasteiger partial charge < -0.3 is 16.0 Å². The first-order chi connectivity index (χ1) is 9.36. The summed E-state index contributed by atoms with van der Waals surface area (Å²) in [6.07, 6.45) is 1.43. The number of likely N-dealkylation sites (N-methyl/N-ethyl adjacent to an activating group) is 1. The molecule has 7 heteroatoms. The van der Waals surface area contributed by atoms with E-state index in [1.165, 1.54) is 17.2 Å². The number of rotatable bonds is 5. The van der Waals surface area contributed by atoms with Crippen molar-refractivity contribution in [3.63, 3.8) is 0 Å². The third-order valence-corrected chi connectivity index (χ3v) is 3.08. The summed E-state index contributed by atoms with van der Waals surface area (Å²) >= 11 is 4.80. The number of hydrogen-bond acceptors (Lipinski definition) is 4. The molecule has 6 nitrogen and oxygen atoms in total. The fourth-order valence-corrected chi connectivity index (χ4v) is 1.61. The molecule has 20 heavy (non-hydrogen) atoms. The van der Waals surface area contributed by atoms with E-state index in [2.05, 4.69) is 10.3 Å². The molecule has 2 amide bonds. The minimum atomic E-state index is -0.607. The van der Waals surface area contributed by atoms with Crippen LogP contribution < -0.4 is 11.1 Å². The van der Waals surface area contributed by atoms with Gasteiger partial charge >= 0.3 is 0 Å². The van der Waals surface area contributed by atoms with Gasteiger partial charge in [0.05, 0.1) is 0 Å². The van der Waals surface area contributed by atoms with Crippen molar-refractivity contribution < 1.29 is 9.59 Å². The third kappa shape index (κ3) is 3.99. The molecule has 1 aromatic heterocycles. The van der Waals surface area contributed by atoms with Crippen LogP contribution in [0.5, 0.6) is 0 Å². The first-order valence-electron chi connectivity index (χ1n) is 6.18. The van der Waals surface area contributed by atoms with Crippen LogP contribution in [0.25, 0.3) is 0 Å². The molecule has 0 aliphatic rings. The Hall–Kier alpha value is -2.02. The van der Waals surface area contributed by atoms with E-state index < -0.39 is 11.9 Å². The summed E-state index contributed by atoms with van der Waals surface area (Å²) in [5.41, 5.74) is 6.25. The number of hydrogen-bond donors (Lipinski definition) is 2. The average Bonchev–Trinajstić information content (AvgIpc) is 2.45. The van der Waals surface area contributed by atoms with Crippen LogP contribution in [-0.4, -0.2) is 46.3 Å². The van der Waals surface area contributed by atoms with Crippen LogP contribution in [0.3, 0.4) is 0 Å². The standard InChI is InChI=1S/C13H18N4O2S/c1-4-17(3)13(19)8(2)16-12(18)10-6-5-9(7-15-10)11(14)20/h5-8H,4H2,1-3H3,(H2,14,20)(H,16,18). The lowest BCUT2D eigenvalue weighted by Crippen LogP contribution is -2.45. The third-order valence-electron chi connectivity index (χ3n) is 2.85. The summed E-state index contributed by atoms with van der Waals surface area (Å²) < 4.78 is 0. The Morgan fingerprint density at radius 1 is 1.50 bits per heavy atom. The topological polar surface area (TPSA) is 88.3 Å². The van der Waals surface area contributed by atoms with Crippen molar-refractivity contribution in [2.45, 2.75) is 19.9 Å². The Kier molecular flexibility index (Phi) is 5.57. The van der Waals surface area contributed by atoms with Crippen molar-refractivity contribution >= 4 is 29.0 Å². The second-order valence-electron chi connectivity index (χ2n) is 4.34. The first kappa shape index (κ1) is 16.0. The summed E-state index contributed by atoms with van der Waals surface area (Å²) in [6.45, 7) is 4.08. The Morgan fingerprint density at radius 2 is 2.15 bits per heavy atom. The van der Waals surface area contributed by atoms with E-state index in [4.69, 9.17) is 18.0 Å². The van der Waals surface area contributed by atoms with Crippen LogP contribution in [0.2, 0.25) is 0 Å².